The molecule has 0 N–H and O–H groups in total. The summed E-state index contributed by atoms with van der Waals surface area (Å²) < 4.78 is 61.2. The number of nitrogens with zero attached hydrogens (tertiary/aromatic N) is 1. The second-order valence-electron chi connectivity index (χ2n) is 7.63. The number of nitriles is 1. The van der Waals surface area contributed by atoms with E-state index >= 15 is 0 Å². The summed E-state index contributed by atoms with van der Waals surface area (Å²) in [5.41, 5.74) is -0.545. The average Bonchev–Trinajstić information content (AvgIpc) is 2.88. The molecule has 0 unspecified atom stereocenters. The lowest BCUT2D eigenvalue weighted by atomic mass is 10.1. The number of hydrogen-bond donors (Lipinski definition) is 0. The molecule has 0 spiro atoms. The number of benzene rings is 3. The van der Waals surface area contributed by atoms with Crippen LogP contribution in [0.15, 0.2) is 48.5 Å². The normalized spacial score (nSPS) is 9.94. The zero-order chi connectivity index (χ0) is 25.2. The molecule has 0 radical (unpaired) electrons. The highest BCUT2D eigenvalue weighted by Gasteiger charge is 2.24. The highest BCUT2D eigenvalue weighted by Crippen LogP contribution is 2.23. The molecule has 0 aliphatic carbocycles. The molecule has 0 saturated carbocycles. The van der Waals surface area contributed by atoms with Crippen molar-refractivity contribution in [3.63, 3.8) is 0 Å². The zero-order valence-corrected chi connectivity index (χ0v) is 19.0. The molecule has 3 aromatic rings. The van der Waals surface area contributed by atoms with Crippen molar-refractivity contribution in [2.75, 3.05) is 6.61 Å². The summed E-state index contributed by atoms with van der Waals surface area (Å²) in [6, 6.07) is 15.0. The maximum absolute atomic E-state index is 14.0. The van der Waals surface area contributed by atoms with E-state index in [0.29, 0.717) is 17.7 Å². The van der Waals surface area contributed by atoms with Gasteiger partial charge in [0.2, 0.25) is 0 Å². The molecule has 35 heavy (non-hydrogen) atoms. The van der Waals surface area contributed by atoms with Crippen LogP contribution in [-0.4, -0.2) is 6.61 Å². The Morgan fingerprint density at radius 3 is 1.57 bits per heavy atom. The van der Waals surface area contributed by atoms with Crippen molar-refractivity contribution in [1.29, 1.82) is 5.26 Å². The lowest BCUT2D eigenvalue weighted by Gasteiger charge is -2.05. The molecule has 176 valence electrons. The summed E-state index contributed by atoms with van der Waals surface area (Å²) in [7, 11) is 0. The van der Waals surface area contributed by atoms with E-state index in [1.54, 1.807) is 24.3 Å². The fourth-order valence-electron chi connectivity index (χ4n) is 3.11. The van der Waals surface area contributed by atoms with Gasteiger partial charge in [-0.05, 0) is 55.0 Å². The van der Waals surface area contributed by atoms with Gasteiger partial charge in [-0.2, -0.15) is 5.26 Å². The Hall–Kier alpha value is -4.21. The first kappa shape index (κ1) is 25.4. The summed E-state index contributed by atoms with van der Waals surface area (Å²) in [5.74, 6) is 4.45. The minimum Gasteiger partial charge on any atom is -0.494 e. The van der Waals surface area contributed by atoms with E-state index in [1.807, 2.05) is 24.3 Å². The van der Waals surface area contributed by atoms with Crippen LogP contribution in [0, 0.1) is 58.3 Å². The molecule has 0 amide bonds. The van der Waals surface area contributed by atoms with E-state index in [1.165, 1.54) is 12.8 Å². The topological polar surface area (TPSA) is 33.0 Å². The Balaban J connectivity index is 1.66. The van der Waals surface area contributed by atoms with Gasteiger partial charge in [0, 0.05) is 16.7 Å². The van der Waals surface area contributed by atoms with Crippen LogP contribution in [0.5, 0.6) is 5.75 Å². The molecule has 3 aromatic carbocycles. The van der Waals surface area contributed by atoms with E-state index in [-0.39, 0.29) is 0 Å². The largest absolute Gasteiger partial charge is 0.494 e. The van der Waals surface area contributed by atoms with E-state index in [2.05, 4.69) is 30.6 Å². The van der Waals surface area contributed by atoms with Crippen LogP contribution in [-0.2, 0) is 0 Å². The molecule has 0 fully saturated rings. The standard InChI is InChI=1S/C29H21F4NO/c1-2-3-4-5-18-35-23-15-12-22(13-16-23)11-8-20-6-9-21(10-7-20)14-17-24-26(30)28(32)25(19-34)29(33)27(24)31/h6-7,9-10,12-13,15-16H,2-5,18H2,1H3. The lowest BCUT2D eigenvalue weighted by Crippen LogP contribution is -2.04. The van der Waals surface area contributed by atoms with Gasteiger partial charge in [0.25, 0.3) is 0 Å². The first-order valence-electron chi connectivity index (χ1n) is 11.1. The molecule has 0 heterocycles. The highest BCUT2D eigenvalue weighted by atomic mass is 19.2. The third-order valence-corrected chi connectivity index (χ3v) is 5.06. The Labute approximate surface area is 202 Å². The van der Waals surface area contributed by atoms with Crippen LogP contribution in [0.25, 0.3) is 0 Å². The van der Waals surface area contributed by atoms with Gasteiger partial charge >= 0.3 is 0 Å². The number of ether oxygens (including phenoxy) is 1. The molecular formula is C29H21F4NO. The summed E-state index contributed by atoms with van der Waals surface area (Å²) in [4.78, 5) is 0. The SMILES string of the molecule is CCCCCCOc1ccc(C#Cc2ccc(C#Cc3c(F)c(F)c(C#N)c(F)c3F)cc2)cc1. The minimum absolute atomic E-state index is 0.361. The third-order valence-electron chi connectivity index (χ3n) is 5.06. The predicted octanol–water partition coefficient (Wildman–Crippen LogP) is 6.87. The van der Waals surface area contributed by atoms with Crippen molar-refractivity contribution in [3.05, 3.63) is 99.6 Å². The summed E-state index contributed by atoms with van der Waals surface area (Å²) in [6.07, 6.45) is 4.58. The van der Waals surface area contributed by atoms with Crippen molar-refractivity contribution in [3.8, 4) is 35.5 Å². The monoisotopic (exact) mass is 475 g/mol. The van der Waals surface area contributed by atoms with Gasteiger partial charge in [-0.15, -0.1) is 0 Å². The van der Waals surface area contributed by atoms with Crippen molar-refractivity contribution in [1.82, 2.24) is 0 Å². The zero-order valence-electron chi connectivity index (χ0n) is 19.0. The van der Waals surface area contributed by atoms with Crippen LogP contribution in [0.4, 0.5) is 17.6 Å². The molecule has 0 bridgehead atoms. The molecule has 0 aliphatic rings. The maximum Gasteiger partial charge on any atom is 0.181 e. The van der Waals surface area contributed by atoms with Crippen molar-refractivity contribution in [2.24, 2.45) is 0 Å². The summed E-state index contributed by atoms with van der Waals surface area (Å²) in [5, 5.41) is 8.64. The second-order valence-corrected chi connectivity index (χ2v) is 7.63. The predicted molar refractivity (Wildman–Crippen MR) is 125 cm³/mol. The van der Waals surface area contributed by atoms with Crippen LogP contribution >= 0.6 is 0 Å². The van der Waals surface area contributed by atoms with Crippen molar-refractivity contribution >= 4 is 0 Å². The number of unbranched alkanes of at least 4 members (excludes halogenated alkanes) is 3. The van der Waals surface area contributed by atoms with E-state index in [4.69, 9.17) is 10.00 Å². The smallest absolute Gasteiger partial charge is 0.181 e. The minimum atomic E-state index is -1.77. The van der Waals surface area contributed by atoms with Gasteiger partial charge in [0.05, 0.1) is 6.61 Å². The molecular weight excluding hydrogens is 454 g/mol. The average molecular weight is 475 g/mol. The van der Waals surface area contributed by atoms with Gasteiger partial charge in [-0.1, -0.05) is 49.9 Å². The molecule has 0 saturated heterocycles. The molecule has 0 aromatic heterocycles. The highest BCUT2D eigenvalue weighted by molar-refractivity contribution is 5.50. The molecule has 3 rings (SSSR count). The Kier molecular flexibility index (Phi) is 8.94. The van der Waals surface area contributed by atoms with E-state index in [9.17, 15) is 17.6 Å². The first-order chi connectivity index (χ1) is 16.9. The fourth-order valence-corrected chi connectivity index (χ4v) is 3.11. The van der Waals surface area contributed by atoms with Gasteiger partial charge in [-0.25, -0.2) is 17.6 Å². The van der Waals surface area contributed by atoms with Gasteiger partial charge in [0.15, 0.2) is 23.3 Å². The van der Waals surface area contributed by atoms with E-state index in [0.717, 1.165) is 30.2 Å². The van der Waals surface area contributed by atoms with Crippen molar-refractivity contribution in [2.45, 2.75) is 32.6 Å². The van der Waals surface area contributed by atoms with Crippen LogP contribution in [0.1, 0.15) is 60.4 Å². The Morgan fingerprint density at radius 1 is 0.629 bits per heavy atom. The van der Waals surface area contributed by atoms with Gasteiger partial charge in [0.1, 0.15) is 22.9 Å². The van der Waals surface area contributed by atoms with Crippen molar-refractivity contribution < 1.29 is 22.3 Å². The molecule has 6 heteroatoms. The first-order valence-corrected chi connectivity index (χ1v) is 11.1. The summed E-state index contributed by atoms with van der Waals surface area (Å²) in [6.45, 7) is 2.86. The fraction of sp³-hybridized carbons (Fsp3) is 0.207. The molecule has 0 aliphatic heterocycles. The Bertz CT molecular complexity index is 1320. The van der Waals surface area contributed by atoms with Crippen LogP contribution < -0.4 is 4.74 Å². The summed E-state index contributed by atoms with van der Waals surface area (Å²) >= 11 is 0. The third kappa shape index (κ3) is 6.66. The second kappa shape index (κ2) is 12.3. The maximum atomic E-state index is 14.0. The Morgan fingerprint density at radius 2 is 1.09 bits per heavy atom. The van der Waals surface area contributed by atoms with Gasteiger partial charge in [-0.3, -0.25) is 0 Å². The number of hydrogen-bond acceptors (Lipinski definition) is 2. The van der Waals surface area contributed by atoms with Crippen LogP contribution in [0.3, 0.4) is 0 Å². The number of halogens is 4. The lowest BCUT2D eigenvalue weighted by molar-refractivity contribution is 0.305. The quantitative estimate of drug-likeness (QED) is 0.169. The van der Waals surface area contributed by atoms with Crippen LogP contribution in [0.2, 0.25) is 0 Å². The molecule has 2 nitrogen and oxygen atoms in total. The number of rotatable bonds is 6. The molecule has 0 atom stereocenters. The van der Waals surface area contributed by atoms with E-state index < -0.39 is 34.4 Å². The van der Waals surface area contributed by atoms with Gasteiger partial charge < -0.3 is 4.74 Å².